The molecule has 1 aromatic carbocycles. The Hall–Kier alpha value is -2.90. The number of carbonyl (C=O) groups is 2. The van der Waals surface area contributed by atoms with E-state index in [2.05, 4.69) is 29.2 Å². The minimum atomic E-state index is -0.605. The van der Waals surface area contributed by atoms with Gasteiger partial charge < -0.3 is 15.8 Å². The topological polar surface area (TPSA) is 112 Å². The highest BCUT2D eigenvalue weighted by Crippen LogP contribution is 2.23. The summed E-state index contributed by atoms with van der Waals surface area (Å²) in [4.78, 5) is 26.8. The van der Waals surface area contributed by atoms with Crippen molar-refractivity contribution in [3.63, 3.8) is 0 Å². The molecule has 0 bridgehead atoms. The Morgan fingerprint density at radius 1 is 1.32 bits per heavy atom. The zero-order valence-electron chi connectivity index (χ0n) is 14.7. The van der Waals surface area contributed by atoms with Crippen molar-refractivity contribution in [3.8, 4) is 5.69 Å². The van der Waals surface area contributed by atoms with Crippen molar-refractivity contribution in [1.82, 2.24) is 20.1 Å². The van der Waals surface area contributed by atoms with Gasteiger partial charge in [-0.05, 0) is 30.9 Å². The van der Waals surface area contributed by atoms with Gasteiger partial charge in [-0.1, -0.05) is 32.0 Å². The Morgan fingerprint density at radius 2 is 2.04 bits per heavy atom. The number of ether oxygens (including phenoxy) is 1. The van der Waals surface area contributed by atoms with Gasteiger partial charge >= 0.3 is 12.0 Å². The first kappa shape index (κ1) is 18.4. The van der Waals surface area contributed by atoms with Crippen LogP contribution in [0.2, 0.25) is 0 Å². The second-order valence-corrected chi connectivity index (χ2v) is 5.89. The van der Waals surface area contributed by atoms with Crippen LogP contribution in [0.5, 0.6) is 0 Å². The molecule has 8 heteroatoms. The second kappa shape index (κ2) is 8.27. The summed E-state index contributed by atoms with van der Waals surface area (Å²) >= 11 is 0. The van der Waals surface area contributed by atoms with Crippen molar-refractivity contribution in [2.45, 2.75) is 33.1 Å². The summed E-state index contributed by atoms with van der Waals surface area (Å²) in [7, 11) is 0. The minimum absolute atomic E-state index is 0.0129. The highest BCUT2D eigenvalue weighted by Gasteiger charge is 2.18. The molecule has 0 spiro atoms. The van der Waals surface area contributed by atoms with Crippen LogP contribution in [-0.4, -0.2) is 39.9 Å². The molecule has 8 nitrogen and oxygen atoms in total. The standard InChI is InChI=1S/C17H23N5O3/c1-11(2)13-7-4-5-8-14(13)22-12(3)20-15(21-22)16(23)25-10-6-9-19-17(18)24/h4-5,7-8,11H,6,9-10H2,1-3H3,(H3,18,19,24). The molecule has 0 saturated heterocycles. The summed E-state index contributed by atoms with van der Waals surface area (Å²) in [6.45, 7) is 6.47. The largest absolute Gasteiger partial charge is 0.460 e. The molecule has 134 valence electrons. The van der Waals surface area contributed by atoms with Crippen molar-refractivity contribution in [3.05, 3.63) is 41.5 Å². The van der Waals surface area contributed by atoms with E-state index in [1.165, 1.54) is 0 Å². The molecule has 2 aromatic rings. The number of esters is 1. The van der Waals surface area contributed by atoms with Gasteiger partial charge in [0.1, 0.15) is 5.82 Å². The van der Waals surface area contributed by atoms with E-state index in [1.54, 1.807) is 11.6 Å². The maximum absolute atomic E-state index is 12.1. The summed E-state index contributed by atoms with van der Waals surface area (Å²) in [6, 6.07) is 7.27. The number of para-hydroxylation sites is 1. The first-order chi connectivity index (χ1) is 11.9. The number of rotatable bonds is 7. The number of urea groups is 1. The fourth-order valence-electron chi connectivity index (χ4n) is 2.39. The molecule has 0 fully saturated rings. The van der Waals surface area contributed by atoms with Crippen LogP contribution in [0, 0.1) is 6.92 Å². The number of hydrogen-bond acceptors (Lipinski definition) is 5. The predicted molar refractivity (Wildman–Crippen MR) is 92.7 cm³/mol. The zero-order valence-corrected chi connectivity index (χ0v) is 14.7. The Morgan fingerprint density at radius 3 is 2.72 bits per heavy atom. The lowest BCUT2D eigenvalue weighted by Crippen LogP contribution is -2.30. The normalized spacial score (nSPS) is 10.7. The monoisotopic (exact) mass is 345 g/mol. The van der Waals surface area contributed by atoms with E-state index in [4.69, 9.17) is 10.5 Å². The average Bonchev–Trinajstić information content (AvgIpc) is 2.96. The maximum atomic E-state index is 12.1. The third-order valence-electron chi connectivity index (χ3n) is 3.59. The lowest BCUT2D eigenvalue weighted by molar-refractivity contribution is 0.0487. The lowest BCUT2D eigenvalue weighted by atomic mass is 10.0. The van der Waals surface area contributed by atoms with E-state index in [0.29, 0.717) is 24.7 Å². The number of nitrogens with two attached hydrogens (primary N) is 1. The van der Waals surface area contributed by atoms with Gasteiger partial charge in [0.25, 0.3) is 5.82 Å². The van der Waals surface area contributed by atoms with Crippen LogP contribution in [0.4, 0.5) is 4.79 Å². The van der Waals surface area contributed by atoms with E-state index in [-0.39, 0.29) is 12.4 Å². The van der Waals surface area contributed by atoms with E-state index in [1.807, 2.05) is 24.3 Å². The van der Waals surface area contributed by atoms with Gasteiger partial charge in [0.2, 0.25) is 0 Å². The smallest absolute Gasteiger partial charge is 0.378 e. The summed E-state index contributed by atoms with van der Waals surface area (Å²) in [5.41, 5.74) is 6.97. The van der Waals surface area contributed by atoms with E-state index >= 15 is 0 Å². The molecule has 0 aliphatic heterocycles. The number of aryl methyl sites for hydroxylation is 1. The van der Waals surface area contributed by atoms with E-state index < -0.39 is 12.0 Å². The van der Waals surface area contributed by atoms with Crippen LogP contribution in [0.3, 0.4) is 0 Å². The van der Waals surface area contributed by atoms with Crippen LogP contribution in [0.15, 0.2) is 24.3 Å². The van der Waals surface area contributed by atoms with Crippen molar-refractivity contribution in [1.29, 1.82) is 0 Å². The third kappa shape index (κ3) is 4.79. The van der Waals surface area contributed by atoms with Crippen molar-refractivity contribution >= 4 is 12.0 Å². The van der Waals surface area contributed by atoms with Crippen LogP contribution in [-0.2, 0) is 4.74 Å². The summed E-state index contributed by atoms with van der Waals surface area (Å²) in [5, 5.41) is 6.71. The Kier molecular flexibility index (Phi) is 6.10. The van der Waals surface area contributed by atoms with Crippen molar-refractivity contribution in [2.75, 3.05) is 13.2 Å². The Bertz CT molecular complexity index is 754. The predicted octanol–water partition coefficient (Wildman–Crippen LogP) is 1.91. The molecular formula is C17H23N5O3. The molecule has 0 aliphatic carbocycles. The van der Waals surface area contributed by atoms with Gasteiger partial charge in [0, 0.05) is 6.54 Å². The molecule has 0 atom stereocenters. The number of nitrogens with zero attached hydrogens (tertiary/aromatic N) is 3. The first-order valence-electron chi connectivity index (χ1n) is 8.13. The average molecular weight is 345 g/mol. The van der Waals surface area contributed by atoms with Crippen LogP contribution in [0.1, 0.15) is 48.2 Å². The number of amides is 2. The van der Waals surface area contributed by atoms with Crippen molar-refractivity contribution in [2.24, 2.45) is 5.73 Å². The van der Waals surface area contributed by atoms with Gasteiger partial charge in [-0.25, -0.2) is 19.3 Å². The fraction of sp³-hybridized carbons (Fsp3) is 0.412. The van der Waals surface area contributed by atoms with Gasteiger partial charge in [0.05, 0.1) is 12.3 Å². The number of primary amides is 1. The molecule has 2 amide bonds. The summed E-state index contributed by atoms with van der Waals surface area (Å²) in [5.74, 6) is 0.338. The minimum Gasteiger partial charge on any atom is -0.460 e. The first-order valence-corrected chi connectivity index (χ1v) is 8.13. The Labute approximate surface area is 146 Å². The number of nitrogens with one attached hydrogen (secondary N) is 1. The van der Waals surface area contributed by atoms with Gasteiger partial charge in [0.15, 0.2) is 0 Å². The molecule has 0 aliphatic rings. The third-order valence-corrected chi connectivity index (χ3v) is 3.59. The SMILES string of the molecule is Cc1nc(C(=O)OCCCNC(N)=O)nn1-c1ccccc1C(C)C. The number of benzene rings is 1. The van der Waals surface area contributed by atoms with E-state index in [0.717, 1.165) is 11.3 Å². The quantitative estimate of drug-likeness (QED) is 0.588. The molecule has 0 saturated carbocycles. The molecule has 0 unspecified atom stereocenters. The van der Waals surface area contributed by atoms with Crippen LogP contribution < -0.4 is 11.1 Å². The highest BCUT2D eigenvalue weighted by molar-refractivity contribution is 5.85. The lowest BCUT2D eigenvalue weighted by Gasteiger charge is -2.12. The van der Waals surface area contributed by atoms with Gasteiger partial charge in [-0.2, -0.15) is 0 Å². The molecular weight excluding hydrogens is 322 g/mol. The van der Waals surface area contributed by atoms with Gasteiger partial charge in [-0.15, -0.1) is 5.10 Å². The van der Waals surface area contributed by atoms with Gasteiger partial charge in [-0.3, -0.25) is 0 Å². The van der Waals surface area contributed by atoms with E-state index in [9.17, 15) is 9.59 Å². The molecule has 1 heterocycles. The fourth-order valence-corrected chi connectivity index (χ4v) is 2.39. The maximum Gasteiger partial charge on any atom is 0.378 e. The number of carbonyl (C=O) groups excluding carboxylic acids is 2. The summed E-state index contributed by atoms with van der Waals surface area (Å²) < 4.78 is 6.78. The summed E-state index contributed by atoms with van der Waals surface area (Å²) in [6.07, 6.45) is 0.463. The molecule has 2 rings (SSSR count). The van der Waals surface area contributed by atoms with Crippen LogP contribution >= 0.6 is 0 Å². The highest BCUT2D eigenvalue weighted by atomic mass is 16.5. The van der Waals surface area contributed by atoms with Crippen LogP contribution in [0.25, 0.3) is 5.69 Å². The Balaban J connectivity index is 2.07. The molecule has 3 N–H and O–H groups in total. The van der Waals surface area contributed by atoms with Crippen molar-refractivity contribution < 1.29 is 14.3 Å². The number of aromatic nitrogens is 3. The second-order valence-electron chi connectivity index (χ2n) is 5.89. The molecule has 0 radical (unpaired) electrons. The zero-order chi connectivity index (χ0) is 18.4. The molecule has 1 aromatic heterocycles. The number of hydrogen-bond donors (Lipinski definition) is 2. The molecule has 25 heavy (non-hydrogen) atoms.